The van der Waals surface area contributed by atoms with Gasteiger partial charge in [-0.25, -0.2) is 5.43 Å². The van der Waals surface area contributed by atoms with E-state index in [2.05, 4.69) is 31.8 Å². The number of nitrogens with one attached hydrogen (secondary N) is 2. The van der Waals surface area contributed by atoms with E-state index in [1.54, 1.807) is 74.9 Å². The number of amides is 2. The monoisotopic (exact) mass is 481 g/mol. The van der Waals surface area contributed by atoms with Gasteiger partial charge >= 0.3 is 0 Å². The van der Waals surface area contributed by atoms with Crippen molar-refractivity contribution in [3.63, 3.8) is 0 Å². The van der Waals surface area contributed by atoms with Gasteiger partial charge in [0.2, 0.25) is 0 Å². The zero-order valence-electron chi connectivity index (χ0n) is 16.9. The van der Waals surface area contributed by atoms with Gasteiger partial charge in [0, 0.05) is 10.0 Å². The molecule has 0 heterocycles. The summed E-state index contributed by atoms with van der Waals surface area (Å²) in [6.07, 6.45) is 1.46. The van der Waals surface area contributed by atoms with E-state index in [-0.39, 0.29) is 11.5 Å². The second-order valence-corrected chi connectivity index (χ2v) is 7.14. The molecule has 0 unspecified atom stereocenters. The van der Waals surface area contributed by atoms with Crippen molar-refractivity contribution >= 4 is 39.6 Å². The van der Waals surface area contributed by atoms with Crippen LogP contribution in [0.15, 0.2) is 76.3 Å². The summed E-state index contributed by atoms with van der Waals surface area (Å²) in [5.74, 6) is 0.409. The fourth-order valence-electron chi connectivity index (χ4n) is 2.79. The zero-order chi connectivity index (χ0) is 22.2. The minimum Gasteiger partial charge on any atom is -0.497 e. The first-order valence-electron chi connectivity index (χ1n) is 9.24. The van der Waals surface area contributed by atoms with Gasteiger partial charge in [0.25, 0.3) is 11.8 Å². The predicted octanol–water partition coefficient (Wildman–Crippen LogP) is 4.48. The van der Waals surface area contributed by atoms with Crippen molar-refractivity contribution in [2.45, 2.75) is 0 Å². The van der Waals surface area contributed by atoms with E-state index in [4.69, 9.17) is 9.47 Å². The summed E-state index contributed by atoms with van der Waals surface area (Å²) in [4.78, 5) is 25.3. The molecule has 2 N–H and O–H groups in total. The van der Waals surface area contributed by atoms with Crippen LogP contribution in [-0.2, 0) is 0 Å². The molecule has 8 heteroatoms. The SMILES string of the molecule is COc1ccc(OC)c(/C=N\NC(=O)c2ccccc2NC(=O)c2ccccc2Br)c1. The fraction of sp³-hybridized carbons (Fsp3) is 0.0870. The first-order chi connectivity index (χ1) is 15.0. The Balaban J connectivity index is 1.76. The van der Waals surface area contributed by atoms with Gasteiger partial charge in [-0.3, -0.25) is 9.59 Å². The average molecular weight is 482 g/mol. The second-order valence-electron chi connectivity index (χ2n) is 6.29. The quantitative estimate of drug-likeness (QED) is 0.384. The van der Waals surface area contributed by atoms with Gasteiger partial charge < -0.3 is 14.8 Å². The van der Waals surface area contributed by atoms with Gasteiger partial charge in [0.05, 0.1) is 37.2 Å². The van der Waals surface area contributed by atoms with E-state index in [0.717, 1.165) is 0 Å². The molecule has 158 valence electrons. The Bertz CT molecular complexity index is 1130. The van der Waals surface area contributed by atoms with Gasteiger partial charge in [-0.15, -0.1) is 0 Å². The van der Waals surface area contributed by atoms with Crippen molar-refractivity contribution in [2.24, 2.45) is 5.10 Å². The molecule has 0 aliphatic rings. The topological polar surface area (TPSA) is 89.0 Å². The highest BCUT2D eigenvalue weighted by atomic mass is 79.9. The van der Waals surface area contributed by atoms with Crippen LogP contribution in [0.25, 0.3) is 0 Å². The van der Waals surface area contributed by atoms with Gasteiger partial charge in [-0.05, 0) is 58.4 Å². The number of carbonyl (C=O) groups is 2. The molecule has 3 rings (SSSR count). The average Bonchev–Trinajstić information content (AvgIpc) is 2.79. The molecule has 0 atom stereocenters. The van der Waals surface area contributed by atoms with Gasteiger partial charge in [-0.1, -0.05) is 24.3 Å². The highest BCUT2D eigenvalue weighted by Crippen LogP contribution is 2.23. The molecule has 7 nitrogen and oxygen atoms in total. The van der Waals surface area contributed by atoms with E-state index >= 15 is 0 Å². The number of methoxy groups -OCH3 is 2. The van der Waals surface area contributed by atoms with E-state index < -0.39 is 5.91 Å². The standard InChI is InChI=1S/C23H20BrN3O4/c1-30-16-11-12-21(31-2)15(13-16)14-25-27-23(29)18-8-4-6-10-20(18)26-22(28)17-7-3-5-9-19(17)24/h3-14H,1-2H3,(H,26,28)(H,27,29)/b25-14-. The Morgan fingerprint density at radius 3 is 2.32 bits per heavy atom. The first kappa shape index (κ1) is 22.0. The summed E-state index contributed by atoms with van der Waals surface area (Å²) in [6.45, 7) is 0. The molecule has 0 radical (unpaired) electrons. The number of hydrogen-bond acceptors (Lipinski definition) is 5. The molecule has 0 aliphatic heterocycles. The predicted molar refractivity (Wildman–Crippen MR) is 123 cm³/mol. The maximum atomic E-state index is 12.7. The summed E-state index contributed by atoms with van der Waals surface area (Å²) in [7, 11) is 3.10. The number of hydrazone groups is 1. The number of rotatable bonds is 7. The molecule has 0 spiro atoms. The lowest BCUT2D eigenvalue weighted by Gasteiger charge is -2.11. The van der Waals surface area contributed by atoms with E-state index in [9.17, 15) is 9.59 Å². The molecular weight excluding hydrogens is 462 g/mol. The normalized spacial score (nSPS) is 10.5. The summed E-state index contributed by atoms with van der Waals surface area (Å²) in [5.41, 5.74) is 4.22. The van der Waals surface area contributed by atoms with Crippen molar-refractivity contribution in [2.75, 3.05) is 19.5 Å². The lowest BCUT2D eigenvalue weighted by molar-refractivity contribution is 0.0956. The second kappa shape index (κ2) is 10.4. The molecule has 0 saturated carbocycles. The van der Waals surface area contributed by atoms with Gasteiger partial charge in [0.1, 0.15) is 11.5 Å². The van der Waals surface area contributed by atoms with Crippen LogP contribution in [-0.4, -0.2) is 32.2 Å². The highest BCUT2D eigenvalue weighted by Gasteiger charge is 2.15. The van der Waals surface area contributed by atoms with E-state index in [1.807, 2.05) is 6.07 Å². The van der Waals surface area contributed by atoms with Crippen molar-refractivity contribution in [3.8, 4) is 11.5 Å². The Morgan fingerprint density at radius 1 is 0.903 bits per heavy atom. The summed E-state index contributed by atoms with van der Waals surface area (Å²) >= 11 is 3.36. The Kier molecular flexibility index (Phi) is 7.40. The van der Waals surface area contributed by atoms with Crippen LogP contribution in [0.4, 0.5) is 5.69 Å². The van der Waals surface area contributed by atoms with Gasteiger partial charge in [0.15, 0.2) is 0 Å². The number of hydrogen-bond donors (Lipinski definition) is 2. The molecule has 0 aromatic heterocycles. The number of anilines is 1. The molecule has 3 aromatic rings. The van der Waals surface area contributed by atoms with Crippen molar-refractivity contribution in [1.29, 1.82) is 0 Å². The lowest BCUT2D eigenvalue weighted by atomic mass is 10.1. The van der Waals surface area contributed by atoms with Crippen LogP contribution in [0.3, 0.4) is 0 Å². The smallest absolute Gasteiger partial charge is 0.273 e. The first-order valence-corrected chi connectivity index (χ1v) is 10.0. The summed E-state index contributed by atoms with van der Waals surface area (Å²) in [5, 5.41) is 6.79. The van der Waals surface area contributed by atoms with E-state index in [1.165, 1.54) is 6.21 Å². The Labute approximate surface area is 188 Å². The third-order valence-electron chi connectivity index (χ3n) is 4.34. The fourth-order valence-corrected chi connectivity index (χ4v) is 3.25. The minimum absolute atomic E-state index is 0.276. The molecule has 0 fully saturated rings. The van der Waals surface area contributed by atoms with Crippen molar-refractivity contribution in [3.05, 3.63) is 87.9 Å². The molecule has 0 bridgehead atoms. The minimum atomic E-state index is -0.471. The number of para-hydroxylation sites is 1. The maximum Gasteiger partial charge on any atom is 0.273 e. The van der Waals surface area contributed by atoms with Crippen LogP contribution < -0.4 is 20.2 Å². The Hall–Kier alpha value is -3.65. The van der Waals surface area contributed by atoms with Crippen LogP contribution in [0.5, 0.6) is 11.5 Å². The van der Waals surface area contributed by atoms with Crippen LogP contribution in [0, 0.1) is 0 Å². The van der Waals surface area contributed by atoms with Crippen molar-refractivity contribution in [1.82, 2.24) is 5.43 Å². The Morgan fingerprint density at radius 2 is 1.61 bits per heavy atom. The molecular formula is C23H20BrN3O4. The number of nitrogens with zero attached hydrogens (tertiary/aromatic N) is 1. The summed E-state index contributed by atoms with van der Waals surface area (Å²) < 4.78 is 11.1. The van der Waals surface area contributed by atoms with Crippen LogP contribution in [0.2, 0.25) is 0 Å². The third kappa shape index (κ3) is 5.49. The third-order valence-corrected chi connectivity index (χ3v) is 5.04. The molecule has 3 aromatic carbocycles. The molecule has 31 heavy (non-hydrogen) atoms. The largest absolute Gasteiger partial charge is 0.497 e. The van der Waals surface area contributed by atoms with Crippen LogP contribution >= 0.6 is 15.9 Å². The molecule has 0 aliphatic carbocycles. The van der Waals surface area contributed by atoms with E-state index in [0.29, 0.717) is 32.8 Å². The van der Waals surface area contributed by atoms with Gasteiger partial charge in [-0.2, -0.15) is 5.10 Å². The lowest BCUT2D eigenvalue weighted by Crippen LogP contribution is -2.21. The zero-order valence-corrected chi connectivity index (χ0v) is 18.5. The van der Waals surface area contributed by atoms with Crippen molar-refractivity contribution < 1.29 is 19.1 Å². The summed E-state index contributed by atoms with van der Waals surface area (Å²) in [6, 6.07) is 19.0. The number of carbonyl (C=O) groups excluding carboxylic acids is 2. The number of benzene rings is 3. The maximum absolute atomic E-state index is 12.7. The van der Waals surface area contributed by atoms with Crippen LogP contribution in [0.1, 0.15) is 26.3 Å². The molecule has 2 amide bonds. The number of halogens is 1. The highest BCUT2D eigenvalue weighted by molar-refractivity contribution is 9.10. The number of ether oxygens (including phenoxy) is 2. The molecule has 0 saturated heterocycles.